The monoisotopic (exact) mass is 264 g/mol. The fourth-order valence-corrected chi connectivity index (χ4v) is 2.14. The van der Waals surface area contributed by atoms with Gasteiger partial charge in [0, 0.05) is 0 Å². The summed E-state index contributed by atoms with van der Waals surface area (Å²) in [6.07, 6.45) is 0.161. The molecule has 0 aliphatic heterocycles. The van der Waals surface area contributed by atoms with E-state index in [1.165, 1.54) is 6.07 Å². The zero-order valence-electron chi connectivity index (χ0n) is 8.66. The van der Waals surface area contributed by atoms with Crippen molar-refractivity contribution in [2.24, 2.45) is 0 Å². The average Bonchev–Trinajstić information content (AvgIpc) is 2.26. The van der Waals surface area contributed by atoms with E-state index < -0.39 is 17.9 Å². The second-order valence-corrected chi connectivity index (χ2v) is 4.17. The molecule has 0 spiro atoms. The van der Waals surface area contributed by atoms with Crippen LogP contribution in [0.3, 0.4) is 0 Å². The molecule has 1 aromatic carbocycles. The molecule has 1 rings (SSSR count). The first-order valence-corrected chi connectivity index (χ1v) is 5.90. The zero-order chi connectivity index (χ0) is 12.3. The summed E-state index contributed by atoms with van der Waals surface area (Å²) in [5, 5.41) is 9.65. The van der Waals surface area contributed by atoms with Crippen LogP contribution in [0.1, 0.15) is 11.7 Å². The van der Waals surface area contributed by atoms with E-state index in [2.05, 4.69) is 4.74 Å². The molecule has 0 fully saturated rings. The smallest absolute Gasteiger partial charge is 0.339 e. The molecule has 0 aliphatic rings. The summed E-state index contributed by atoms with van der Waals surface area (Å²) in [5.41, 5.74) is 0.0761. The highest BCUT2D eigenvalue weighted by molar-refractivity contribution is 7.98. The number of esters is 1. The first-order valence-electron chi connectivity index (χ1n) is 4.30. The van der Waals surface area contributed by atoms with Gasteiger partial charge in [-0.1, -0.05) is 11.6 Å². The number of aliphatic hydroxyl groups is 1. The molecule has 1 atom stereocenters. The number of rotatable bonds is 3. The van der Waals surface area contributed by atoms with Crippen LogP contribution in [0, 0.1) is 5.82 Å². The van der Waals surface area contributed by atoms with E-state index in [9.17, 15) is 14.3 Å². The Labute approximate surface area is 102 Å². The number of methoxy groups -OCH3 is 1. The van der Waals surface area contributed by atoms with Crippen LogP contribution in [0.5, 0.6) is 0 Å². The summed E-state index contributed by atoms with van der Waals surface area (Å²) in [6.45, 7) is 0. The largest absolute Gasteiger partial charge is 0.467 e. The van der Waals surface area contributed by atoms with Crippen molar-refractivity contribution < 1.29 is 19.0 Å². The maximum atomic E-state index is 13.5. The molecule has 1 aromatic rings. The highest BCUT2D eigenvalue weighted by Crippen LogP contribution is 2.31. The van der Waals surface area contributed by atoms with Gasteiger partial charge in [0.05, 0.1) is 17.0 Å². The van der Waals surface area contributed by atoms with Gasteiger partial charge in [-0.3, -0.25) is 0 Å². The standard InChI is InChI=1S/C10H10ClFO3S/c1-15-10(14)8(13)5-3-6(11)9(16-2)7(12)4-5/h3-4,8,13H,1-2H3. The summed E-state index contributed by atoms with van der Waals surface area (Å²) in [6, 6.07) is 2.41. The van der Waals surface area contributed by atoms with Gasteiger partial charge in [-0.25, -0.2) is 9.18 Å². The lowest BCUT2D eigenvalue weighted by Gasteiger charge is -2.11. The molecule has 88 valence electrons. The minimum atomic E-state index is -1.52. The first kappa shape index (κ1) is 13.3. The van der Waals surface area contributed by atoms with E-state index in [0.29, 0.717) is 0 Å². The first-order chi connectivity index (χ1) is 7.51. The Morgan fingerprint density at radius 3 is 2.69 bits per heavy atom. The Morgan fingerprint density at radius 2 is 2.25 bits per heavy atom. The summed E-state index contributed by atoms with van der Waals surface area (Å²) in [4.78, 5) is 11.3. The number of ether oxygens (including phenoxy) is 1. The summed E-state index contributed by atoms with van der Waals surface area (Å²) < 4.78 is 17.8. The van der Waals surface area contributed by atoms with Crippen molar-refractivity contribution in [2.45, 2.75) is 11.0 Å². The lowest BCUT2D eigenvalue weighted by molar-refractivity contribution is -0.150. The number of carbonyl (C=O) groups is 1. The van der Waals surface area contributed by atoms with Crippen LogP contribution in [0.25, 0.3) is 0 Å². The topological polar surface area (TPSA) is 46.5 Å². The number of thioether (sulfide) groups is 1. The summed E-state index contributed by atoms with van der Waals surface area (Å²) >= 11 is 6.95. The minimum Gasteiger partial charge on any atom is -0.467 e. The fourth-order valence-electron chi connectivity index (χ4n) is 1.18. The number of hydrogen-bond donors (Lipinski definition) is 1. The lowest BCUT2D eigenvalue weighted by Crippen LogP contribution is -2.13. The predicted octanol–water partition coefficient (Wildman–Crippen LogP) is 2.41. The van der Waals surface area contributed by atoms with Crippen molar-refractivity contribution >= 4 is 29.3 Å². The van der Waals surface area contributed by atoms with Crippen LogP contribution in [0.4, 0.5) is 4.39 Å². The van der Waals surface area contributed by atoms with Crippen LogP contribution in [-0.2, 0) is 9.53 Å². The van der Waals surface area contributed by atoms with Crippen LogP contribution in [-0.4, -0.2) is 24.4 Å². The van der Waals surface area contributed by atoms with Crippen molar-refractivity contribution in [3.63, 3.8) is 0 Å². The van der Waals surface area contributed by atoms with Crippen LogP contribution in [0.2, 0.25) is 5.02 Å². The van der Waals surface area contributed by atoms with E-state index in [1.54, 1.807) is 6.26 Å². The Kier molecular flexibility index (Phi) is 4.58. The van der Waals surface area contributed by atoms with E-state index in [0.717, 1.165) is 24.9 Å². The predicted molar refractivity (Wildman–Crippen MR) is 60.2 cm³/mol. The minimum absolute atomic E-state index is 0.0761. The molecule has 0 bridgehead atoms. The van der Waals surface area contributed by atoms with E-state index in [4.69, 9.17) is 11.6 Å². The van der Waals surface area contributed by atoms with E-state index in [-0.39, 0.29) is 15.5 Å². The maximum Gasteiger partial charge on any atom is 0.339 e. The van der Waals surface area contributed by atoms with Gasteiger partial charge >= 0.3 is 5.97 Å². The third kappa shape index (κ3) is 2.66. The van der Waals surface area contributed by atoms with Crippen molar-refractivity contribution in [1.29, 1.82) is 0 Å². The third-order valence-electron chi connectivity index (χ3n) is 1.96. The van der Waals surface area contributed by atoms with Gasteiger partial charge in [0.15, 0.2) is 6.10 Å². The Hall–Kier alpha value is -0.780. The van der Waals surface area contributed by atoms with Crippen molar-refractivity contribution in [3.05, 3.63) is 28.5 Å². The Balaban J connectivity index is 3.13. The third-order valence-corrected chi connectivity index (χ3v) is 3.20. The normalized spacial score (nSPS) is 12.3. The number of carbonyl (C=O) groups excluding carboxylic acids is 1. The van der Waals surface area contributed by atoms with Gasteiger partial charge in [0.2, 0.25) is 0 Å². The van der Waals surface area contributed by atoms with Gasteiger partial charge in [-0.2, -0.15) is 0 Å². The molecule has 0 heterocycles. The molecule has 0 amide bonds. The van der Waals surface area contributed by atoms with Gasteiger partial charge in [-0.15, -0.1) is 11.8 Å². The van der Waals surface area contributed by atoms with Gasteiger partial charge in [0.1, 0.15) is 5.82 Å². The molecule has 3 nitrogen and oxygen atoms in total. The number of benzene rings is 1. The second-order valence-electron chi connectivity index (χ2n) is 2.94. The van der Waals surface area contributed by atoms with E-state index >= 15 is 0 Å². The lowest BCUT2D eigenvalue weighted by atomic mass is 10.1. The molecule has 0 aliphatic carbocycles. The molecule has 1 N–H and O–H groups in total. The summed E-state index contributed by atoms with van der Waals surface area (Å²) in [7, 11) is 1.14. The van der Waals surface area contributed by atoms with Crippen molar-refractivity contribution in [3.8, 4) is 0 Å². The average molecular weight is 265 g/mol. The van der Waals surface area contributed by atoms with Gasteiger partial charge in [0.25, 0.3) is 0 Å². The second kappa shape index (κ2) is 5.52. The molecule has 0 saturated heterocycles. The molecular formula is C10H10ClFO3S. The molecule has 0 saturated carbocycles. The maximum absolute atomic E-state index is 13.5. The zero-order valence-corrected chi connectivity index (χ0v) is 10.2. The fraction of sp³-hybridized carbons (Fsp3) is 0.300. The number of aliphatic hydroxyl groups excluding tert-OH is 1. The summed E-state index contributed by atoms with van der Waals surface area (Å²) in [5.74, 6) is -1.43. The Morgan fingerprint density at radius 1 is 1.62 bits per heavy atom. The molecule has 6 heteroatoms. The highest BCUT2D eigenvalue weighted by Gasteiger charge is 2.20. The van der Waals surface area contributed by atoms with Gasteiger partial charge < -0.3 is 9.84 Å². The highest BCUT2D eigenvalue weighted by atomic mass is 35.5. The van der Waals surface area contributed by atoms with Crippen LogP contribution < -0.4 is 0 Å². The van der Waals surface area contributed by atoms with Gasteiger partial charge in [-0.05, 0) is 24.0 Å². The van der Waals surface area contributed by atoms with Crippen LogP contribution >= 0.6 is 23.4 Å². The molecule has 16 heavy (non-hydrogen) atoms. The molecule has 0 radical (unpaired) electrons. The van der Waals surface area contributed by atoms with E-state index in [1.807, 2.05) is 0 Å². The Bertz CT molecular complexity index is 388. The van der Waals surface area contributed by atoms with Crippen molar-refractivity contribution in [2.75, 3.05) is 13.4 Å². The molecule has 0 aromatic heterocycles. The number of hydrogen-bond acceptors (Lipinski definition) is 4. The molecule has 1 unspecified atom stereocenters. The van der Waals surface area contributed by atoms with Crippen molar-refractivity contribution in [1.82, 2.24) is 0 Å². The SMILES string of the molecule is COC(=O)C(O)c1cc(F)c(SC)c(Cl)c1. The molecular weight excluding hydrogens is 255 g/mol. The number of halogens is 2. The van der Waals surface area contributed by atoms with Crippen LogP contribution in [0.15, 0.2) is 17.0 Å². The quantitative estimate of drug-likeness (QED) is 0.673.